The Morgan fingerprint density at radius 1 is 1.36 bits per heavy atom. The van der Waals surface area contributed by atoms with Crippen molar-refractivity contribution in [1.29, 1.82) is 0 Å². The van der Waals surface area contributed by atoms with Gasteiger partial charge in [-0.3, -0.25) is 0 Å². The summed E-state index contributed by atoms with van der Waals surface area (Å²) in [4.78, 5) is 1.55. The number of rotatable bonds is 1. The van der Waals surface area contributed by atoms with Crippen LogP contribution in [0.1, 0.15) is 27.2 Å². The molecule has 0 bridgehead atoms. The highest BCUT2D eigenvalue weighted by Gasteiger charge is 2.27. The molecule has 0 aromatic heterocycles. The molecule has 2 N–H and O–H groups in total. The van der Waals surface area contributed by atoms with E-state index in [4.69, 9.17) is 0 Å². The minimum absolute atomic E-state index is 0.0591. The number of quaternary nitrogens is 1. The predicted octanol–water partition coefficient (Wildman–Crippen LogP) is -0.320. The summed E-state index contributed by atoms with van der Waals surface area (Å²) >= 11 is 0. The Morgan fingerprint density at radius 3 is 2.45 bits per heavy atom. The lowest BCUT2D eigenvalue weighted by molar-refractivity contribution is -0.932. The van der Waals surface area contributed by atoms with Crippen LogP contribution in [0.3, 0.4) is 0 Å². The van der Waals surface area contributed by atoms with Crippen LogP contribution in [-0.2, 0) is 0 Å². The van der Waals surface area contributed by atoms with Gasteiger partial charge in [0.15, 0.2) is 0 Å². The number of piperidine rings is 1. The van der Waals surface area contributed by atoms with Crippen LogP contribution in [0.25, 0.3) is 0 Å². The van der Waals surface area contributed by atoms with Gasteiger partial charge < -0.3 is 10.0 Å². The molecule has 1 aliphatic rings. The molecule has 1 saturated heterocycles. The van der Waals surface area contributed by atoms with Crippen LogP contribution in [0.2, 0.25) is 0 Å². The maximum Gasteiger partial charge on any atom is 0.104 e. The summed E-state index contributed by atoms with van der Waals surface area (Å²) in [6, 6.07) is 0.660. The second-order valence-corrected chi connectivity index (χ2v) is 4.22. The molecule has 0 aliphatic carbocycles. The van der Waals surface area contributed by atoms with Gasteiger partial charge in [-0.2, -0.15) is 0 Å². The van der Waals surface area contributed by atoms with E-state index in [2.05, 4.69) is 20.8 Å². The third-order valence-corrected chi connectivity index (χ3v) is 2.60. The monoisotopic (exact) mass is 158 g/mol. The smallest absolute Gasteiger partial charge is 0.104 e. The zero-order valence-corrected chi connectivity index (χ0v) is 7.80. The quantitative estimate of drug-likeness (QED) is 0.537. The molecule has 3 atom stereocenters. The topological polar surface area (TPSA) is 24.7 Å². The van der Waals surface area contributed by atoms with Gasteiger partial charge in [-0.15, -0.1) is 0 Å². The van der Waals surface area contributed by atoms with Crippen LogP contribution in [0.15, 0.2) is 0 Å². The van der Waals surface area contributed by atoms with E-state index < -0.39 is 0 Å². The first-order valence-electron chi connectivity index (χ1n) is 4.62. The molecule has 1 rings (SSSR count). The highest BCUT2D eigenvalue weighted by Crippen LogP contribution is 2.06. The van der Waals surface area contributed by atoms with E-state index in [1.54, 1.807) is 4.90 Å². The van der Waals surface area contributed by atoms with Crippen LogP contribution in [0.4, 0.5) is 0 Å². The summed E-state index contributed by atoms with van der Waals surface area (Å²) in [5.74, 6) is 0.691. The largest absolute Gasteiger partial charge is 0.387 e. The molecule has 1 unspecified atom stereocenters. The van der Waals surface area contributed by atoms with Crippen molar-refractivity contribution in [3.8, 4) is 0 Å². The van der Waals surface area contributed by atoms with Crippen molar-refractivity contribution in [2.45, 2.75) is 39.3 Å². The molecule has 0 amide bonds. The van der Waals surface area contributed by atoms with Crippen molar-refractivity contribution in [2.75, 3.05) is 13.1 Å². The summed E-state index contributed by atoms with van der Waals surface area (Å²) in [6.45, 7) is 8.85. The SMILES string of the molecule is CC(C)[NH+]1C[C@H](C)C[C@H](O)C1. The number of likely N-dealkylation sites (tertiary alicyclic amines) is 1. The molecule has 0 radical (unpaired) electrons. The summed E-state index contributed by atoms with van der Waals surface area (Å²) < 4.78 is 0. The minimum Gasteiger partial charge on any atom is -0.387 e. The van der Waals surface area contributed by atoms with Crippen molar-refractivity contribution in [3.05, 3.63) is 0 Å². The Bertz CT molecular complexity index is 115. The van der Waals surface area contributed by atoms with Crippen molar-refractivity contribution in [2.24, 2.45) is 5.92 Å². The number of aliphatic hydroxyl groups excluding tert-OH is 1. The Kier molecular flexibility index (Phi) is 2.90. The molecule has 1 fully saturated rings. The highest BCUT2D eigenvalue weighted by atomic mass is 16.3. The van der Waals surface area contributed by atoms with Gasteiger partial charge in [-0.05, 0) is 20.3 Å². The second kappa shape index (κ2) is 3.55. The Hall–Kier alpha value is -0.0800. The van der Waals surface area contributed by atoms with Crippen LogP contribution >= 0.6 is 0 Å². The van der Waals surface area contributed by atoms with E-state index in [0.29, 0.717) is 12.0 Å². The zero-order chi connectivity index (χ0) is 8.43. The Labute approximate surface area is 69.2 Å². The fourth-order valence-corrected chi connectivity index (χ4v) is 1.94. The molecule has 2 nitrogen and oxygen atoms in total. The van der Waals surface area contributed by atoms with Crippen LogP contribution in [0.5, 0.6) is 0 Å². The van der Waals surface area contributed by atoms with E-state index in [0.717, 1.165) is 13.0 Å². The van der Waals surface area contributed by atoms with E-state index in [1.807, 2.05) is 0 Å². The molecular formula is C9H20NO+. The van der Waals surface area contributed by atoms with E-state index in [-0.39, 0.29) is 6.10 Å². The standard InChI is InChI=1S/C9H19NO/c1-7(2)10-5-8(3)4-9(11)6-10/h7-9,11H,4-6H2,1-3H3/p+1/t8-,9+/m1/s1. The Balaban J connectivity index is 2.43. The molecule has 0 saturated carbocycles. The molecule has 66 valence electrons. The minimum atomic E-state index is -0.0591. The van der Waals surface area contributed by atoms with E-state index in [1.165, 1.54) is 6.54 Å². The average Bonchev–Trinajstić information content (AvgIpc) is 1.85. The van der Waals surface area contributed by atoms with Crippen molar-refractivity contribution in [1.82, 2.24) is 0 Å². The maximum absolute atomic E-state index is 9.48. The van der Waals surface area contributed by atoms with Gasteiger partial charge in [-0.25, -0.2) is 0 Å². The number of nitrogens with one attached hydrogen (secondary N) is 1. The molecule has 2 heteroatoms. The first kappa shape index (κ1) is 9.01. The summed E-state index contributed by atoms with van der Waals surface area (Å²) in [5.41, 5.74) is 0. The third-order valence-electron chi connectivity index (χ3n) is 2.60. The van der Waals surface area contributed by atoms with Crippen molar-refractivity contribution >= 4 is 0 Å². The van der Waals surface area contributed by atoms with Crippen LogP contribution < -0.4 is 4.90 Å². The van der Waals surface area contributed by atoms with Gasteiger partial charge in [0.2, 0.25) is 0 Å². The number of hydrogen-bond donors (Lipinski definition) is 2. The van der Waals surface area contributed by atoms with Crippen molar-refractivity contribution in [3.63, 3.8) is 0 Å². The maximum atomic E-state index is 9.48. The predicted molar refractivity (Wildman–Crippen MR) is 45.6 cm³/mol. The van der Waals surface area contributed by atoms with Gasteiger partial charge in [0, 0.05) is 5.92 Å². The lowest BCUT2D eigenvalue weighted by Gasteiger charge is -2.33. The summed E-state index contributed by atoms with van der Waals surface area (Å²) in [5, 5.41) is 9.48. The number of hydrogen-bond acceptors (Lipinski definition) is 1. The average molecular weight is 158 g/mol. The fraction of sp³-hybridized carbons (Fsp3) is 1.00. The van der Waals surface area contributed by atoms with E-state index in [9.17, 15) is 5.11 Å². The second-order valence-electron chi connectivity index (χ2n) is 4.22. The van der Waals surface area contributed by atoms with Gasteiger partial charge in [0.1, 0.15) is 12.6 Å². The van der Waals surface area contributed by atoms with Gasteiger partial charge >= 0.3 is 0 Å². The molecule has 11 heavy (non-hydrogen) atoms. The first-order chi connectivity index (χ1) is 5.09. The summed E-state index contributed by atoms with van der Waals surface area (Å²) in [7, 11) is 0. The van der Waals surface area contributed by atoms with Gasteiger partial charge in [0.25, 0.3) is 0 Å². The molecule has 0 aromatic rings. The first-order valence-corrected chi connectivity index (χ1v) is 4.62. The molecular weight excluding hydrogens is 138 g/mol. The van der Waals surface area contributed by atoms with E-state index >= 15 is 0 Å². The van der Waals surface area contributed by atoms with Gasteiger partial charge in [-0.1, -0.05) is 6.92 Å². The molecule has 0 spiro atoms. The Morgan fingerprint density at radius 2 is 2.00 bits per heavy atom. The third kappa shape index (κ3) is 2.46. The van der Waals surface area contributed by atoms with Crippen LogP contribution in [-0.4, -0.2) is 30.3 Å². The fourth-order valence-electron chi connectivity index (χ4n) is 1.94. The molecule has 1 heterocycles. The molecule has 1 aliphatic heterocycles. The van der Waals surface area contributed by atoms with Crippen LogP contribution in [0, 0.1) is 5.92 Å². The lowest BCUT2D eigenvalue weighted by atomic mass is 9.97. The highest BCUT2D eigenvalue weighted by molar-refractivity contribution is 4.64. The zero-order valence-electron chi connectivity index (χ0n) is 7.80. The summed E-state index contributed by atoms with van der Waals surface area (Å²) in [6.07, 6.45) is 0.937. The molecule has 0 aromatic carbocycles. The van der Waals surface area contributed by atoms with Crippen molar-refractivity contribution < 1.29 is 10.0 Å². The lowest BCUT2D eigenvalue weighted by Crippen LogP contribution is -3.17. The van der Waals surface area contributed by atoms with Gasteiger partial charge in [0.05, 0.1) is 12.6 Å². The number of aliphatic hydroxyl groups is 1. The normalized spacial score (nSPS) is 39.5.